The molecule has 32 heavy (non-hydrogen) atoms. The number of fused-ring (bicyclic) bond motifs is 5. The Morgan fingerprint density at radius 2 is 1.53 bits per heavy atom. The first-order chi connectivity index (χ1) is 15.5. The minimum atomic E-state index is -1.65. The Hall–Kier alpha value is -3.53. The number of esters is 1. The molecule has 0 bridgehead atoms. The number of nitriles is 1. The van der Waals surface area contributed by atoms with E-state index < -0.39 is 17.2 Å². The topological polar surface area (TPSA) is 65.8 Å². The van der Waals surface area contributed by atoms with Gasteiger partial charge in [0.25, 0.3) is 5.72 Å². The lowest BCUT2D eigenvalue weighted by atomic mass is 9.81. The van der Waals surface area contributed by atoms with E-state index in [9.17, 15) is 10.1 Å². The van der Waals surface area contributed by atoms with Crippen LogP contribution in [0.4, 0.5) is 5.69 Å². The van der Waals surface area contributed by atoms with Gasteiger partial charge in [-0.05, 0) is 46.5 Å². The maximum Gasteiger partial charge on any atom is 0.362 e. The van der Waals surface area contributed by atoms with Crippen LogP contribution in [0, 0.1) is 11.5 Å². The quantitative estimate of drug-likeness (QED) is 0.430. The molecule has 1 fully saturated rings. The van der Waals surface area contributed by atoms with E-state index in [-0.39, 0.29) is 6.42 Å². The van der Waals surface area contributed by atoms with Crippen LogP contribution in [0.1, 0.15) is 17.5 Å². The van der Waals surface area contributed by atoms with Gasteiger partial charge in [-0.2, -0.15) is 10.3 Å². The number of carbonyl (C=O) groups excluding carboxylic acids is 1. The van der Waals surface area contributed by atoms with Crippen molar-refractivity contribution in [3.05, 3.63) is 88.9 Å². The van der Waals surface area contributed by atoms with Gasteiger partial charge in [0, 0.05) is 18.6 Å². The van der Waals surface area contributed by atoms with E-state index in [1.54, 1.807) is 12.1 Å². The largest absolute Gasteiger partial charge is 0.465 e. The molecule has 3 aromatic carbocycles. The first-order valence-corrected chi connectivity index (χ1v) is 10.5. The van der Waals surface area contributed by atoms with Gasteiger partial charge in [0.15, 0.2) is 0 Å². The first kappa shape index (κ1) is 20.4. The zero-order valence-electron chi connectivity index (χ0n) is 17.6. The van der Waals surface area contributed by atoms with Crippen LogP contribution in [-0.2, 0) is 19.8 Å². The number of methoxy groups -OCH3 is 2. The molecule has 2 aliphatic rings. The molecule has 1 heterocycles. The molecule has 0 saturated carbocycles. The fourth-order valence-electron chi connectivity index (χ4n) is 5.15. The van der Waals surface area contributed by atoms with E-state index in [1.807, 2.05) is 53.5 Å². The van der Waals surface area contributed by atoms with Crippen molar-refractivity contribution in [2.75, 3.05) is 19.2 Å². The van der Waals surface area contributed by atoms with E-state index in [2.05, 4.69) is 18.3 Å². The Balaban J connectivity index is 1.89. The third kappa shape index (κ3) is 2.46. The van der Waals surface area contributed by atoms with Crippen LogP contribution < -0.4 is 5.01 Å². The van der Waals surface area contributed by atoms with Crippen LogP contribution in [0.2, 0.25) is 5.02 Å². The Morgan fingerprint density at radius 3 is 2.03 bits per heavy atom. The smallest absolute Gasteiger partial charge is 0.362 e. The molecule has 1 aliphatic carbocycles. The highest BCUT2D eigenvalue weighted by atomic mass is 35.5. The second-order valence-electron chi connectivity index (χ2n) is 7.81. The lowest BCUT2D eigenvalue weighted by Gasteiger charge is -2.40. The number of rotatable bonds is 3. The maximum atomic E-state index is 13.1. The second-order valence-corrected chi connectivity index (χ2v) is 8.24. The monoisotopic (exact) mass is 445 g/mol. The molecule has 1 unspecified atom stereocenters. The molecule has 5 rings (SSSR count). The second kappa shape index (κ2) is 7.27. The molecule has 0 radical (unpaired) electrons. The summed E-state index contributed by atoms with van der Waals surface area (Å²) in [7, 11) is 2.72. The first-order valence-electron chi connectivity index (χ1n) is 10.1. The number of anilines is 1. The average Bonchev–Trinajstić information content (AvgIpc) is 3.30. The van der Waals surface area contributed by atoms with Gasteiger partial charge < -0.3 is 9.47 Å². The number of benzene rings is 3. The summed E-state index contributed by atoms with van der Waals surface area (Å²) in [6.07, 6.45) is 2.36. The number of ether oxygens (including phenoxy) is 2. The normalized spacial score (nSPS) is 20.1. The van der Waals surface area contributed by atoms with Crippen LogP contribution >= 0.6 is 11.6 Å². The summed E-state index contributed by atoms with van der Waals surface area (Å²) < 4.78 is 10.9. The van der Waals surface area contributed by atoms with Crippen molar-refractivity contribution in [3.8, 4) is 17.3 Å². The molecule has 0 N–H and O–H groups in total. The summed E-state index contributed by atoms with van der Waals surface area (Å²) in [6.45, 7) is 0. The molecule has 1 spiro atoms. The molecular weight excluding hydrogens is 426 g/mol. The van der Waals surface area contributed by atoms with Gasteiger partial charge in [-0.3, -0.25) is 5.01 Å². The summed E-state index contributed by atoms with van der Waals surface area (Å²) in [5, 5.41) is 14.0. The Morgan fingerprint density at radius 1 is 0.969 bits per heavy atom. The fourth-order valence-corrected chi connectivity index (χ4v) is 5.28. The minimum absolute atomic E-state index is 0.160. The Kier molecular flexibility index (Phi) is 4.63. The highest BCUT2D eigenvalue weighted by molar-refractivity contribution is 6.30. The van der Waals surface area contributed by atoms with Gasteiger partial charge >= 0.3 is 5.97 Å². The average molecular weight is 446 g/mol. The van der Waals surface area contributed by atoms with E-state index in [4.69, 9.17) is 21.1 Å². The third-order valence-corrected chi connectivity index (χ3v) is 6.69. The van der Waals surface area contributed by atoms with Crippen LogP contribution in [0.25, 0.3) is 11.1 Å². The van der Waals surface area contributed by atoms with Gasteiger partial charge in [0.2, 0.25) is 6.19 Å². The number of hydrogen-bond donors (Lipinski definition) is 0. The van der Waals surface area contributed by atoms with Crippen LogP contribution in [0.3, 0.4) is 0 Å². The molecule has 1 atom stereocenters. The van der Waals surface area contributed by atoms with Gasteiger partial charge in [0.1, 0.15) is 5.54 Å². The molecule has 7 heteroatoms. The Labute approximate surface area is 191 Å². The third-order valence-electron chi connectivity index (χ3n) is 6.44. The van der Waals surface area contributed by atoms with E-state index in [0.717, 1.165) is 22.3 Å². The minimum Gasteiger partial charge on any atom is -0.465 e. The fraction of sp³-hybridized carbons (Fsp3) is 0.200. The summed E-state index contributed by atoms with van der Waals surface area (Å²) in [5.41, 5.74) is 2.26. The number of halogens is 1. The van der Waals surface area contributed by atoms with Gasteiger partial charge in [-0.25, -0.2) is 4.79 Å². The molecule has 1 saturated heterocycles. The molecule has 1 aliphatic heterocycles. The number of hydrogen-bond acceptors (Lipinski definition) is 6. The molecule has 6 nitrogen and oxygen atoms in total. The van der Waals surface area contributed by atoms with Gasteiger partial charge in [0.05, 0.1) is 12.8 Å². The summed E-state index contributed by atoms with van der Waals surface area (Å²) in [6, 6.07) is 23.3. The van der Waals surface area contributed by atoms with Crippen molar-refractivity contribution >= 4 is 23.3 Å². The summed E-state index contributed by atoms with van der Waals surface area (Å²) in [4.78, 5) is 13.1. The van der Waals surface area contributed by atoms with Crippen molar-refractivity contribution in [2.45, 2.75) is 17.7 Å². The predicted molar refractivity (Wildman–Crippen MR) is 120 cm³/mol. The predicted octanol–water partition coefficient (Wildman–Crippen LogP) is 4.69. The van der Waals surface area contributed by atoms with Crippen molar-refractivity contribution in [3.63, 3.8) is 0 Å². The van der Waals surface area contributed by atoms with Crippen molar-refractivity contribution < 1.29 is 14.3 Å². The molecule has 3 aromatic rings. The van der Waals surface area contributed by atoms with Crippen LogP contribution in [0.5, 0.6) is 0 Å². The lowest BCUT2D eigenvalue weighted by molar-refractivity contribution is -0.181. The van der Waals surface area contributed by atoms with Crippen molar-refractivity contribution in [1.82, 2.24) is 5.01 Å². The number of hydrazine groups is 1. The van der Waals surface area contributed by atoms with Crippen molar-refractivity contribution in [1.29, 1.82) is 5.26 Å². The summed E-state index contributed by atoms with van der Waals surface area (Å²) >= 11 is 6.16. The SMILES string of the molecule is COC(=O)C1(OC)CC2(c3ccccc3-c3ccccc32)N(c2ccc(Cl)cc2)N1C#N. The Bertz CT molecular complexity index is 1210. The van der Waals surface area contributed by atoms with Crippen LogP contribution in [-0.4, -0.2) is 30.9 Å². The van der Waals surface area contributed by atoms with Gasteiger partial charge in [-0.1, -0.05) is 60.1 Å². The lowest BCUT2D eigenvalue weighted by Crippen LogP contribution is -2.55. The summed E-state index contributed by atoms with van der Waals surface area (Å²) in [5.74, 6) is -0.640. The van der Waals surface area contributed by atoms with E-state index in [1.165, 1.54) is 19.2 Å². The number of nitrogens with zero attached hydrogens (tertiary/aromatic N) is 3. The standard InChI is InChI=1S/C25H20ClN3O3/c1-31-23(30)25(32-2)15-24(29(28(25)16-27)18-13-11-17(26)12-14-18)21-9-5-3-7-19(21)20-8-4-6-10-22(20)24/h3-14H,15H2,1-2H3. The zero-order chi connectivity index (χ0) is 22.5. The molecular formula is C25H20ClN3O3. The highest BCUT2D eigenvalue weighted by Crippen LogP contribution is 2.60. The van der Waals surface area contributed by atoms with E-state index >= 15 is 0 Å². The van der Waals surface area contributed by atoms with Gasteiger partial charge in [-0.15, -0.1) is 0 Å². The van der Waals surface area contributed by atoms with Crippen molar-refractivity contribution in [2.24, 2.45) is 0 Å². The van der Waals surface area contributed by atoms with Crippen LogP contribution in [0.15, 0.2) is 72.8 Å². The molecule has 0 aromatic heterocycles. The molecule has 0 amide bonds. The zero-order valence-corrected chi connectivity index (χ0v) is 18.3. The molecule has 160 valence electrons. The highest BCUT2D eigenvalue weighted by Gasteiger charge is 2.67. The van der Waals surface area contributed by atoms with E-state index in [0.29, 0.717) is 10.7 Å². The number of carbonyl (C=O) groups is 1. The maximum absolute atomic E-state index is 13.1.